The molecule has 1 rings (SSSR count). The Kier molecular flexibility index (Phi) is 11.0. The van der Waals surface area contributed by atoms with Gasteiger partial charge >= 0.3 is 0 Å². The number of hydrogen-bond donors (Lipinski definition) is 0. The van der Waals surface area contributed by atoms with Gasteiger partial charge in [0.1, 0.15) is 6.61 Å². The first-order valence-electron chi connectivity index (χ1n) is 9.65. The number of unbranched alkanes of at least 4 members (excludes halogenated alkanes) is 7. The molecule has 0 unspecified atom stereocenters. The summed E-state index contributed by atoms with van der Waals surface area (Å²) in [5.41, 5.74) is -0.00642. The van der Waals surface area contributed by atoms with Gasteiger partial charge in [-0.2, -0.15) is 0 Å². The Morgan fingerprint density at radius 2 is 1.92 bits per heavy atom. The highest BCUT2D eigenvalue weighted by Crippen LogP contribution is 2.19. The fourth-order valence-electron chi connectivity index (χ4n) is 2.56. The van der Waals surface area contributed by atoms with Gasteiger partial charge in [0.25, 0.3) is 0 Å². The first-order chi connectivity index (χ1) is 11.6. The van der Waals surface area contributed by atoms with Gasteiger partial charge in [0.2, 0.25) is 0 Å². The Morgan fingerprint density at radius 3 is 2.67 bits per heavy atom. The third-order valence-corrected chi connectivity index (χ3v) is 3.96. The minimum absolute atomic E-state index is 0.00642. The van der Waals surface area contributed by atoms with E-state index in [0.717, 1.165) is 31.8 Å². The van der Waals surface area contributed by atoms with Gasteiger partial charge in [-0.15, -0.1) is 0 Å². The van der Waals surface area contributed by atoms with Gasteiger partial charge in [0, 0.05) is 12.8 Å². The number of aliphatic imine (C=N–C) groups is 1. The molecule has 0 bridgehead atoms. The van der Waals surface area contributed by atoms with Crippen molar-refractivity contribution in [3.05, 3.63) is 24.3 Å². The van der Waals surface area contributed by atoms with Gasteiger partial charge in [-0.3, -0.25) is 0 Å². The Hall–Kier alpha value is -1.49. The number of ether oxygens (including phenoxy) is 1. The maximum Gasteiger partial charge on any atom is 0.183 e. The maximum atomic E-state index is 5.61. The summed E-state index contributed by atoms with van der Waals surface area (Å²) in [5.74, 6) is 7.23. The summed E-state index contributed by atoms with van der Waals surface area (Å²) in [6.07, 6.45) is 20.3. The minimum Gasteiger partial charge on any atom is -0.478 e. The highest BCUT2D eigenvalue weighted by atomic mass is 16.5. The van der Waals surface area contributed by atoms with Crippen LogP contribution in [0.4, 0.5) is 0 Å². The molecule has 0 saturated carbocycles. The zero-order valence-corrected chi connectivity index (χ0v) is 15.9. The summed E-state index contributed by atoms with van der Waals surface area (Å²) in [6, 6.07) is 0. The van der Waals surface area contributed by atoms with Crippen LogP contribution in [0, 0.1) is 11.8 Å². The average molecular weight is 330 g/mol. The fourth-order valence-corrected chi connectivity index (χ4v) is 2.56. The van der Waals surface area contributed by atoms with Crippen molar-refractivity contribution in [1.82, 2.24) is 0 Å². The molecule has 1 heterocycles. The van der Waals surface area contributed by atoms with Gasteiger partial charge < -0.3 is 4.74 Å². The molecule has 0 fully saturated rings. The van der Waals surface area contributed by atoms with E-state index in [1.165, 1.54) is 44.9 Å². The third kappa shape index (κ3) is 11.1. The lowest BCUT2D eigenvalue weighted by Gasteiger charge is -2.07. The van der Waals surface area contributed by atoms with Crippen LogP contribution in [0.1, 0.15) is 85.0 Å². The Bertz CT molecular complexity index is 474. The molecule has 24 heavy (non-hydrogen) atoms. The van der Waals surface area contributed by atoms with Crippen molar-refractivity contribution in [2.45, 2.75) is 90.5 Å². The quantitative estimate of drug-likeness (QED) is 0.250. The highest BCUT2D eigenvalue weighted by molar-refractivity contribution is 5.78. The molecule has 1 aliphatic rings. The van der Waals surface area contributed by atoms with Crippen molar-refractivity contribution < 1.29 is 4.74 Å². The summed E-state index contributed by atoms with van der Waals surface area (Å²) >= 11 is 0. The number of nitrogens with zero attached hydrogens (tertiary/aromatic N) is 1. The van der Waals surface area contributed by atoms with Crippen molar-refractivity contribution in [1.29, 1.82) is 0 Å². The van der Waals surface area contributed by atoms with E-state index in [1.807, 2.05) is 12.2 Å². The molecule has 1 aliphatic heterocycles. The van der Waals surface area contributed by atoms with E-state index in [1.54, 1.807) is 0 Å². The van der Waals surface area contributed by atoms with Crippen LogP contribution in [-0.4, -0.2) is 18.0 Å². The molecule has 0 spiro atoms. The Labute approximate surface area is 149 Å². The molecule has 2 nitrogen and oxygen atoms in total. The van der Waals surface area contributed by atoms with Crippen molar-refractivity contribution in [3.8, 4) is 11.8 Å². The lowest BCUT2D eigenvalue weighted by atomic mass is 10.1. The number of hydrogen-bond acceptors (Lipinski definition) is 2. The monoisotopic (exact) mass is 329 g/mol. The maximum absolute atomic E-state index is 5.61. The zero-order chi connectivity index (χ0) is 17.5. The Balaban J connectivity index is 1.93. The molecule has 2 heteroatoms. The van der Waals surface area contributed by atoms with E-state index in [0.29, 0.717) is 0 Å². The van der Waals surface area contributed by atoms with Crippen LogP contribution >= 0.6 is 0 Å². The largest absolute Gasteiger partial charge is 0.478 e. The molecule has 134 valence electrons. The molecule has 0 saturated heterocycles. The molecular weight excluding hydrogens is 294 g/mol. The topological polar surface area (TPSA) is 21.6 Å². The minimum atomic E-state index is -0.00642. The number of rotatable bonds is 11. The summed E-state index contributed by atoms with van der Waals surface area (Å²) in [6.45, 7) is 7.21. The molecule has 0 radical (unpaired) electrons. The predicted octanol–water partition coefficient (Wildman–Crippen LogP) is 6.23. The lowest BCUT2D eigenvalue weighted by Crippen LogP contribution is -2.17. The van der Waals surface area contributed by atoms with Gasteiger partial charge in [-0.25, -0.2) is 4.99 Å². The summed E-state index contributed by atoms with van der Waals surface area (Å²) in [5, 5.41) is 0. The predicted molar refractivity (Wildman–Crippen MR) is 105 cm³/mol. The molecule has 0 amide bonds. The van der Waals surface area contributed by atoms with Crippen molar-refractivity contribution in [2.24, 2.45) is 4.99 Å². The first kappa shape index (κ1) is 20.6. The van der Waals surface area contributed by atoms with E-state index >= 15 is 0 Å². The molecule has 0 N–H and O–H groups in total. The summed E-state index contributed by atoms with van der Waals surface area (Å²) < 4.78 is 5.61. The normalized spacial score (nSPS) is 16.2. The average Bonchev–Trinajstić information content (AvgIpc) is 2.90. The number of allylic oxidation sites excluding steroid dienone is 4. The fraction of sp³-hybridized carbons (Fsp3) is 0.682. The highest BCUT2D eigenvalue weighted by Gasteiger charge is 2.25. The van der Waals surface area contributed by atoms with E-state index in [2.05, 4.69) is 49.8 Å². The van der Waals surface area contributed by atoms with E-state index in [4.69, 9.17) is 4.74 Å². The molecule has 0 aromatic rings. The SMILES string of the molecule is CCCCCC#C/C=C/C=C/CCCCCCC1=NC(C)(C)CO1. The van der Waals surface area contributed by atoms with E-state index in [-0.39, 0.29) is 5.54 Å². The summed E-state index contributed by atoms with van der Waals surface area (Å²) in [4.78, 5) is 4.59. The third-order valence-electron chi connectivity index (χ3n) is 3.96. The van der Waals surface area contributed by atoms with Crippen LogP contribution in [0.15, 0.2) is 29.3 Å². The first-order valence-corrected chi connectivity index (χ1v) is 9.65. The van der Waals surface area contributed by atoms with E-state index < -0.39 is 0 Å². The molecular formula is C22H35NO. The van der Waals surface area contributed by atoms with Gasteiger partial charge in [0.05, 0.1) is 5.54 Å². The standard InChI is InChI=1S/C22H35NO/c1-4-5-6-7-8-9-10-11-12-13-14-15-16-17-18-19-21-23-22(2,3)20-24-21/h10-13H,4-7,14-20H2,1-3H3/b11-10+,13-12+. The zero-order valence-electron chi connectivity index (χ0n) is 15.9. The van der Waals surface area contributed by atoms with Crippen molar-refractivity contribution >= 4 is 5.90 Å². The second kappa shape index (κ2) is 12.9. The van der Waals surface area contributed by atoms with Crippen LogP contribution in [0.25, 0.3) is 0 Å². The molecule has 0 aliphatic carbocycles. The molecule has 0 aromatic heterocycles. The van der Waals surface area contributed by atoms with Gasteiger partial charge in [0.15, 0.2) is 5.90 Å². The van der Waals surface area contributed by atoms with E-state index in [9.17, 15) is 0 Å². The second-order valence-corrected chi connectivity index (χ2v) is 7.13. The van der Waals surface area contributed by atoms with Crippen LogP contribution in [0.5, 0.6) is 0 Å². The van der Waals surface area contributed by atoms with Crippen LogP contribution in [0.3, 0.4) is 0 Å². The molecule has 0 aromatic carbocycles. The van der Waals surface area contributed by atoms with Crippen LogP contribution < -0.4 is 0 Å². The van der Waals surface area contributed by atoms with Gasteiger partial charge in [-0.05, 0) is 45.6 Å². The lowest BCUT2D eigenvalue weighted by molar-refractivity contribution is 0.273. The second-order valence-electron chi connectivity index (χ2n) is 7.13. The smallest absolute Gasteiger partial charge is 0.183 e. The van der Waals surface area contributed by atoms with Crippen molar-refractivity contribution in [3.63, 3.8) is 0 Å². The van der Waals surface area contributed by atoms with Crippen LogP contribution in [-0.2, 0) is 4.74 Å². The van der Waals surface area contributed by atoms with Gasteiger partial charge in [-0.1, -0.05) is 62.7 Å². The van der Waals surface area contributed by atoms with Crippen molar-refractivity contribution in [2.75, 3.05) is 6.61 Å². The Morgan fingerprint density at radius 1 is 1.08 bits per heavy atom. The van der Waals surface area contributed by atoms with Crippen LogP contribution in [0.2, 0.25) is 0 Å². The molecule has 0 atom stereocenters. The summed E-state index contributed by atoms with van der Waals surface area (Å²) in [7, 11) is 0.